The number of rotatable bonds is 7. The van der Waals surface area contributed by atoms with Gasteiger partial charge in [0.05, 0.1) is 11.0 Å². The Balaban J connectivity index is 1.65. The van der Waals surface area contributed by atoms with E-state index in [1.54, 1.807) is 24.3 Å². The van der Waals surface area contributed by atoms with Crippen molar-refractivity contribution in [2.24, 2.45) is 0 Å². The molecule has 1 saturated heterocycles. The molecule has 1 atom stereocenters. The number of carbonyl (C=O) groups excluding carboxylic acids is 1. The summed E-state index contributed by atoms with van der Waals surface area (Å²) in [6, 6.07) is 10.9. The van der Waals surface area contributed by atoms with Gasteiger partial charge in [-0.15, -0.1) is 0 Å². The van der Waals surface area contributed by atoms with Gasteiger partial charge in [0.1, 0.15) is 0 Å². The predicted molar refractivity (Wildman–Crippen MR) is 108 cm³/mol. The fourth-order valence-corrected chi connectivity index (χ4v) is 4.43. The minimum Gasteiger partial charge on any atom is -0.377 e. The van der Waals surface area contributed by atoms with Crippen LogP contribution in [-0.2, 0) is 21.3 Å². The van der Waals surface area contributed by atoms with E-state index in [4.69, 9.17) is 27.9 Å². The van der Waals surface area contributed by atoms with Crippen LogP contribution in [0.3, 0.4) is 0 Å². The van der Waals surface area contributed by atoms with E-state index in [2.05, 4.69) is 10.0 Å². The third-order valence-corrected chi connectivity index (χ3v) is 6.39. The number of sulfonamides is 1. The van der Waals surface area contributed by atoms with Gasteiger partial charge >= 0.3 is 0 Å². The van der Waals surface area contributed by atoms with Crippen molar-refractivity contribution in [2.45, 2.75) is 30.4 Å². The summed E-state index contributed by atoms with van der Waals surface area (Å²) in [5, 5.41) is 3.68. The van der Waals surface area contributed by atoms with Crippen molar-refractivity contribution in [3.63, 3.8) is 0 Å². The number of benzene rings is 2. The Hall–Kier alpha value is -1.64. The van der Waals surface area contributed by atoms with Crippen LogP contribution in [0.1, 0.15) is 28.8 Å². The van der Waals surface area contributed by atoms with Crippen molar-refractivity contribution >= 4 is 39.1 Å². The maximum atomic E-state index is 12.5. The van der Waals surface area contributed by atoms with Crippen molar-refractivity contribution in [2.75, 3.05) is 13.2 Å². The molecule has 2 aromatic rings. The highest BCUT2D eigenvalue weighted by molar-refractivity contribution is 7.89. The maximum absolute atomic E-state index is 12.5. The zero-order chi connectivity index (χ0) is 20.1. The van der Waals surface area contributed by atoms with Gasteiger partial charge in [-0.3, -0.25) is 4.79 Å². The smallest absolute Gasteiger partial charge is 0.251 e. The Labute approximate surface area is 174 Å². The summed E-state index contributed by atoms with van der Waals surface area (Å²) < 4.78 is 32.9. The average molecular weight is 443 g/mol. The third kappa shape index (κ3) is 5.46. The molecule has 2 N–H and O–H groups in total. The Kier molecular flexibility index (Phi) is 6.95. The summed E-state index contributed by atoms with van der Waals surface area (Å²) in [6.45, 7) is 1.07. The fourth-order valence-electron chi connectivity index (χ4n) is 2.84. The van der Waals surface area contributed by atoms with E-state index >= 15 is 0 Å². The molecule has 28 heavy (non-hydrogen) atoms. The first-order valence-electron chi connectivity index (χ1n) is 8.78. The SMILES string of the molecule is O=C(NCc1ccc(Cl)cc1Cl)c1cccc(S(=O)(=O)NCC2CCCO2)c1. The highest BCUT2D eigenvalue weighted by Gasteiger charge is 2.21. The van der Waals surface area contributed by atoms with Crippen molar-refractivity contribution in [3.05, 3.63) is 63.6 Å². The molecule has 9 heteroatoms. The number of halogens is 2. The first kappa shape index (κ1) is 21.1. The van der Waals surface area contributed by atoms with E-state index in [1.165, 1.54) is 18.2 Å². The lowest BCUT2D eigenvalue weighted by atomic mass is 10.2. The molecular weight excluding hydrogens is 423 g/mol. The molecule has 1 aliphatic rings. The molecule has 1 amide bonds. The van der Waals surface area contributed by atoms with Crippen molar-refractivity contribution in [1.82, 2.24) is 10.0 Å². The molecule has 150 valence electrons. The minimum atomic E-state index is -3.73. The van der Waals surface area contributed by atoms with Crippen LogP contribution in [0.4, 0.5) is 0 Å². The molecule has 3 rings (SSSR count). The van der Waals surface area contributed by atoms with Gasteiger partial charge < -0.3 is 10.1 Å². The molecular formula is C19H20Cl2N2O4S. The largest absolute Gasteiger partial charge is 0.377 e. The monoisotopic (exact) mass is 442 g/mol. The average Bonchev–Trinajstić information content (AvgIpc) is 3.19. The molecule has 2 aromatic carbocycles. The van der Waals surface area contributed by atoms with Gasteiger partial charge in [0.25, 0.3) is 5.91 Å². The summed E-state index contributed by atoms with van der Waals surface area (Å²) in [5.74, 6) is -0.401. The minimum absolute atomic E-state index is 0.0303. The lowest BCUT2D eigenvalue weighted by Crippen LogP contribution is -2.32. The molecule has 0 radical (unpaired) electrons. The lowest BCUT2D eigenvalue weighted by molar-refractivity contribution is 0.0950. The van der Waals surface area contributed by atoms with Crippen LogP contribution in [0.15, 0.2) is 47.4 Å². The quantitative estimate of drug-likeness (QED) is 0.687. The van der Waals surface area contributed by atoms with Crippen molar-refractivity contribution in [3.8, 4) is 0 Å². The Morgan fingerprint density at radius 3 is 2.71 bits per heavy atom. The van der Waals surface area contributed by atoms with E-state index in [-0.39, 0.29) is 29.7 Å². The highest BCUT2D eigenvalue weighted by atomic mass is 35.5. The molecule has 1 fully saturated rings. The van der Waals surface area contributed by atoms with Crippen LogP contribution >= 0.6 is 23.2 Å². The molecule has 0 spiro atoms. The number of hydrogen-bond acceptors (Lipinski definition) is 4. The Morgan fingerprint density at radius 2 is 2.00 bits per heavy atom. The number of nitrogens with one attached hydrogen (secondary N) is 2. The molecule has 6 nitrogen and oxygen atoms in total. The zero-order valence-electron chi connectivity index (χ0n) is 15.0. The van der Waals surface area contributed by atoms with Gasteiger partial charge in [-0.05, 0) is 48.7 Å². The van der Waals surface area contributed by atoms with Crippen molar-refractivity contribution < 1.29 is 17.9 Å². The number of carbonyl (C=O) groups is 1. The Bertz CT molecular complexity index is 960. The second-order valence-corrected chi connectivity index (χ2v) is 9.04. The van der Waals surface area contributed by atoms with Gasteiger partial charge in [0.15, 0.2) is 0 Å². The Morgan fingerprint density at radius 1 is 1.18 bits per heavy atom. The van der Waals surface area contributed by atoms with E-state index in [0.29, 0.717) is 22.2 Å². The standard InChI is InChI=1S/C19H20Cl2N2O4S/c20-15-7-6-14(18(21)10-15)11-22-19(24)13-3-1-5-17(9-13)28(25,26)23-12-16-4-2-8-27-16/h1,3,5-7,9-10,16,23H,2,4,8,11-12H2,(H,22,24). The summed E-state index contributed by atoms with van der Waals surface area (Å²) in [7, 11) is -3.73. The van der Waals surface area contributed by atoms with E-state index in [9.17, 15) is 13.2 Å². The maximum Gasteiger partial charge on any atom is 0.251 e. The third-order valence-electron chi connectivity index (χ3n) is 4.39. The first-order valence-corrected chi connectivity index (χ1v) is 11.0. The summed E-state index contributed by atoms with van der Waals surface area (Å²) in [4.78, 5) is 12.5. The first-order chi connectivity index (χ1) is 13.3. The van der Waals surface area contributed by atoms with Gasteiger partial charge in [0.2, 0.25) is 10.0 Å². The highest BCUT2D eigenvalue weighted by Crippen LogP contribution is 2.21. The topological polar surface area (TPSA) is 84.5 Å². The molecule has 0 saturated carbocycles. The van der Waals surface area contributed by atoms with Gasteiger partial charge in [0, 0.05) is 35.3 Å². The van der Waals surface area contributed by atoms with Gasteiger partial charge in [-0.2, -0.15) is 0 Å². The molecule has 1 heterocycles. The molecule has 1 aliphatic heterocycles. The second-order valence-electron chi connectivity index (χ2n) is 6.43. The van der Waals surface area contributed by atoms with Crippen LogP contribution in [-0.4, -0.2) is 33.6 Å². The molecule has 0 bridgehead atoms. The van der Waals surface area contributed by atoms with E-state index < -0.39 is 15.9 Å². The summed E-state index contributed by atoms with van der Waals surface area (Å²) >= 11 is 12.0. The summed E-state index contributed by atoms with van der Waals surface area (Å²) in [6.07, 6.45) is 1.66. The fraction of sp³-hybridized carbons (Fsp3) is 0.316. The van der Waals surface area contributed by atoms with Crippen molar-refractivity contribution in [1.29, 1.82) is 0 Å². The van der Waals surface area contributed by atoms with Crippen LogP contribution in [0.2, 0.25) is 10.0 Å². The molecule has 1 unspecified atom stereocenters. The van der Waals surface area contributed by atoms with Crippen LogP contribution < -0.4 is 10.0 Å². The lowest BCUT2D eigenvalue weighted by Gasteiger charge is -2.12. The van der Waals surface area contributed by atoms with E-state index in [0.717, 1.165) is 12.8 Å². The summed E-state index contributed by atoms with van der Waals surface area (Å²) in [5.41, 5.74) is 0.950. The normalized spacial score (nSPS) is 16.9. The zero-order valence-corrected chi connectivity index (χ0v) is 17.3. The molecule has 0 aromatic heterocycles. The van der Waals surface area contributed by atoms with Gasteiger partial charge in [-0.1, -0.05) is 35.3 Å². The van der Waals surface area contributed by atoms with E-state index in [1.807, 2.05) is 0 Å². The van der Waals surface area contributed by atoms with Crippen LogP contribution in [0.25, 0.3) is 0 Å². The van der Waals surface area contributed by atoms with Gasteiger partial charge in [-0.25, -0.2) is 13.1 Å². The molecule has 0 aliphatic carbocycles. The second kappa shape index (κ2) is 9.24. The number of ether oxygens (including phenoxy) is 1. The van der Waals surface area contributed by atoms with Crippen LogP contribution in [0, 0.1) is 0 Å². The van der Waals surface area contributed by atoms with Crippen LogP contribution in [0.5, 0.6) is 0 Å². The predicted octanol–water partition coefficient (Wildman–Crippen LogP) is 3.38. The number of amides is 1. The number of hydrogen-bond donors (Lipinski definition) is 2.